The van der Waals surface area contributed by atoms with Crippen LogP contribution in [-0.4, -0.2) is 22.1 Å². The van der Waals surface area contributed by atoms with E-state index in [1.165, 1.54) is 25.7 Å². The van der Waals surface area contributed by atoms with Crippen LogP contribution >= 0.6 is 0 Å². The maximum Gasteiger partial charge on any atom is 0.240 e. The third-order valence-corrected chi connectivity index (χ3v) is 5.17. The van der Waals surface area contributed by atoms with Crippen LogP contribution in [0.4, 0.5) is 0 Å². The molecule has 0 heterocycles. The van der Waals surface area contributed by atoms with Crippen molar-refractivity contribution in [1.29, 1.82) is 0 Å². The van der Waals surface area contributed by atoms with E-state index in [9.17, 15) is 8.42 Å². The summed E-state index contributed by atoms with van der Waals surface area (Å²) in [6.07, 6.45) is 6.00. The van der Waals surface area contributed by atoms with Crippen molar-refractivity contribution in [2.45, 2.75) is 37.0 Å². The van der Waals surface area contributed by atoms with Crippen molar-refractivity contribution in [3.63, 3.8) is 0 Å². The van der Waals surface area contributed by atoms with Crippen LogP contribution in [0, 0.1) is 5.92 Å². The number of methoxy groups -OCH3 is 1. The fourth-order valence-corrected chi connectivity index (χ4v) is 3.58. The van der Waals surface area contributed by atoms with Gasteiger partial charge in [0, 0.05) is 6.54 Å². The second-order valence-corrected chi connectivity index (χ2v) is 6.78. The molecule has 1 aromatic carbocycles. The molecule has 1 aliphatic carbocycles. The Labute approximate surface area is 115 Å². The Bertz CT molecular complexity index is 490. The van der Waals surface area contributed by atoms with Crippen LogP contribution in [0.1, 0.15) is 32.1 Å². The first-order valence-corrected chi connectivity index (χ1v) is 8.24. The van der Waals surface area contributed by atoms with Gasteiger partial charge in [-0.3, -0.25) is 0 Å². The number of hydrogen-bond donors (Lipinski definition) is 1. The van der Waals surface area contributed by atoms with Gasteiger partial charge in [-0.25, -0.2) is 13.1 Å². The van der Waals surface area contributed by atoms with E-state index in [2.05, 4.69) is 4.72 Å². The van der Waals surface area contributed by atoms with Gasteiger partial charge in [-0.05, 0) is 36.6 Å². The van der Waals surface area contributed by atoms with Crippen molar-refractivity contribution >= 4 is 10.0 Å². The molecule has 1 saturated carbocycles. The average molecular weight is 283 g/mol. The third kappa shape index (κ3) is 3.94. The van der Waals surface area contributed by atoms with Crippen LogP contribution in [0.15, 0.2) is 29.2 Å². The van der Waals surface area contributed by atoms with Gasteiger partial charge < -0.3 is 4.74 Å². The molecule has 1 N–H and O–H groups in total. The maximum atomic E-state index is 12.1. The van der Waals surface area contributed by atoms with Crippen molar-refractivity contribution < 1.29 is 13.2 Å². The average Bonchev–Trinajstić information content (AvgIpc) is 2.92. The maximum absolute atomic E-state index is 12.1. The molecule has 0 radical (unpaired) electrons. The highest BCUT2D eigenvalue weighted by atomic mass is 32.2. The van der Waals surface area contributed by atoms with E-state index < -0.39 is 10.0 Å². The molecule has 1 fully saturated rings. The van der Waals surface area contributed by atoms with Gasteiger partial charge >= 0.3 is 0 Å². The highest BCUT2D eigenvalue weighted by Gasteiger charge is 2.17. The molecule has 0 unspecified atom stereocenters. The fraction of sp³-hybridized carbons (Fsp3) is 0.571. The highest BCUT2D eigenvalue weighted by Crippen LogP contribution is 2.27. The van der Waals surface area contributed by atoms with Gasteiger partial charge in [0.05, 0.1) is 12.0 Å². The van der Waals surface area contributed by atoms with Gasteiger partial charge in [0.1, 0.15) is 5.75 Å². The Morgan fingerprint density at radius 1 is 1.21 bits per heavy atom. The predicted octanol–water partition coefficient (Wildman–Crippen LogP) is 2.55. The minimum absolute atomic E-state index is 0.291. The summed E-state index contributed by atoms with van der Waals surface area (Å²) in [5, 5.41) is 0. The largest absolute Gasteiger partial charge is 0.497 e. The molecule has 0 aromatic heterocycles. The molecule has 19 heavy (non-hydrogen) atoms. The molecule has 106 valence electrons. The van der Waals surface area contributed by atoms with Gasteiger partial charge in [-0.15, -0.1) is 0 Å². The number of nitrogens with one attached hydrogen (secondary N) is 1. The van der Waals surface area contributed by atoms with Gasteiger partial charge in [-0.1, -0.05) is 25.7 Å². The molecule has 0 atom stereocenters. The summed E-state index contributed by atoms with van der Waals surface area (Å²) >= 11 is 0. The van der Waals surface area contributed by atoms with E-state index in [1.54, 1.807) is 31.4 Å². The van der Waals surface area contributed by atoms with Gasteiger partial charge in [-0.2, -0.15) is 0 Å². The van der Waals surface area contributed by atoms with Crippen molar-refractivity contribution in [3.05, 3.63) is 24.3 Å². The van der Waals surface area contributed by atoms with Crippen molar-refractivity contribution in [2.24, 2.45) is 5.92 Å². The third-order valence-electron chi connectivity index (χ3n) is 3.69. The molecular weight excluding hydrogens is 262 g/mol. The lowest BCUT2D eigenvalue weighted by Crippen LogP contribution is -2.25. The molecule has 0 bridgehead atoms. The van der Waals surface area contributed by atoms with E-state index in [4.69, 9.17) is 4.74 Å². The number of benzene rings is 1. The molecule has 0 saturated heterocycles. The van der Waals surface area contributed by atoms with Crippen LogP contribution < -0.4 is 9.46 Å². The van der Waals surface area contributed by atoms with E-state index in [1.807, 2.05) is 0 Å². The monoisotopic (exact) mass is 283 g/mol. The fourth-order valence-electron chi connectivity index (χ4n) is 2.53. The first-order chi connectivity index (χ1) is 9.12. The first-order valence-electron chi connectivity index (χ1n) is 6.75. The van der Waals surface area contributed by atoms with Crippen LogP contribution in [0.2, 0.25) is 0 Å². The zero-order chi connectivity index (χ0) is 13.7. The minimum Gasteiger partial charge on any atom is -0.497 e. The number of ether oxygens (including phenoxy) is 1. The Kier molecular flexibility index (Phi) is 4.82. The number of rotatable bonds is 6. The smallest absolute Gasteiger partial charge is 0.240 e. The molecule has 4 nitrogen and oxygen atoms in total. The lowest BCUT2D eigenvalue weighted by atomic mass is 10.1. The van der Waals surface area contributed by atoms with Crippen LogP contribution in [0.3, 0.4) is 0 Å². The molecular formula is C14H21NO3S. The van der Waals surface area contributed by atoms with Gasteiger partial charge in [0.2, 0.25) is 10.0 Å². The Morgan fingerprint density at radius 3 is 2.42 bits per heavy atom. The Balaban J connectivity index is 1.89. The summed E-state index contributed by atoms with van der Waals surface area (Å²) in [4.78, 5) is 0.291. The summed E-state index contributed by atoms with van der Waals surface area (Å²) in [5.41, 5.74) is 0. The SMILES string of the molecule is COc1ccc(S(=O)(=O)NCCC2CCCC2)cc1. The minimum atomic E-state index is -3.38. The lowest BCUT2D eigenvalue weighted by Gasteiger charge is -2.10. The second kappa shape index (κ2) is 6.39. The van der Waals surface area contributed by atoms with E-state index >= 15 is 0 Å². The standard InChI is InChI=1S/C14H21NO3S/c1-18-13-6-8-14(9-7-13)19(16,17)15-11-10-12-4-2-3-5-12/h6-9,12,15H,2-5,10-11H2,1H3. The molecule has 2 rings (SSSR count). The summed E-state index contributed by atoms with van der Waals surface area (Å²) in [6, 6.07) is 6.45. The second-order valence-electron chi connectivity index (χ2n) is 5.01. The molecule has 0 spiro atoms. The van der Waals surface area contributed by atoms with Crippen LogP contribution in [0.25, 0.3) is 0 Å². The van der Waals surface area contributed by atoms with Crippen molar-refractivity contribution in [1.82, 2.24) is 4.72 Å². The summed E-state index contributed by atoms with van der Waals surface area (Å²) in [5.74, 6) is 1.35. The van der Waals surface area contributed by atoms with Crippen molar-refractivity contribution in [2.75, 3.05) is 13.7 Å². The van der Waals surface area contributed by atoms with E-state index in [-0.39, 0.29) is 0 Å². The first kappa shape index (κ1) is 14.3. The van der Waals surface area contributed by atoms with E-state index in [0.717, 1.165) is 6.42 Å². The highest BCUT2D eigenvalue weighted by molar-refractivity contribution is 7.89. The molecule has 1 aliphatic rings. The Hall–Kier alpha value is -1.07. The predicted molar refractivity (Wildman–Crippen MR) is 74.8 cm³/mol. The summed E-state index contributed by atoms with van der Waals surface area (Å²) < 4.78 is 31.8. The summed E-state index contributed by atoms with van der Waals surface area (Å²) in [6.45, 7) is 0.527. The topological polar surface area (TPSA) is 55.4 Å². The lowest BCUT2D eigenvalue weighted by molar-refractivity contribution is 0.414. The van der Waals surface area contributed by atoms with Crippen LogP contribution in [0.5, 0.6) is 5.75 Å². The normalized spacial score (nSPS) is 16.7. The number of hydrogen-bond acceptors (Lipinski definition) is 3. The Morgan fingerprint density at radius 2 is 1.84 bits per heavy atom. The molecule has 0 amide bonds. The quantitative estimate of drug-likeness (QED) is 0.873. The van der Waals surface area contributed by atoms with Crippen molar-refractivity contribution in [3.8, 4) is 5.75 Å². The zero-order valence-corrected chi connectivity index (χ0v) is 12.1. The molecule has 0 aliphatic heterocycles. The summed E-state index contributed by atoms with van der Waals surface area (Å²) in [7, 11) is -1.82. The molecule has 1 aromatic rings. The number of sulfonamides is 1. The van der Waals surface area contributed by atoms with E-state index in [0.29, 0.717) is 23.1 Å². The van der Waals surface area contributed by atoms with Gasteiger partial charge in [0.25, 0.3) is 0 Å². The van der Waals surface area contributed by atoms with Gasteiger partial charge in [0.15, 0.2) is 0 Å². The zero-order valence-electron chi connectivity index (χ0n) is 11.3. The molecule has 5 heteroatoms. The van der Waals surface area contributed by atoms with Crippen LogP contribution in [-0.2, 0) is 10.0 Å².